The van der Waals surface area contributed by atoms with Gasteiger partial charge in [0.05, 0.1) is 11.2 Å². The van der Waals surface area contributed by atoms with Crippen molar-refractivity contribution < 1.29 is 4.39 Å². The molecule has 1 N–H and O–H groups in total. The van der Waals surface area contributed by atoms with Gasteiger partial charge in [0.2, 0.25) is 0 Å². The molecule has 0 bridgehead atoms. The maximum Gasteiger partial charge on any atom is 0.127 e. The second kappa shape index (κ2) is 7.51. The Labute approximate surface area is 141 Å². The number of aromatic nitrogens is 1. The van der Waals surface area contributed by atoms with Crippen LogP contribution in [0, 0.1) is 25.6 Å². The SMILES string of the molecule is Cc1ccc(F)c(CN(Cc2scnc2C)CC2CCNC2)c1. The van der Waals surface area contributed by atoms with Crippen LogP contribution in [0.2, 0.25) is 0 Å². The zero-order chi connectivity index (χ0) is 16.2. The molecular weight excluding hydrogens is 309 g/mol. The Morgan fingerprint density at radius 2 is 2.22 bits per heavy atom. The van der Waals surface area contributed by atoms with Crippen molar-refractivity contribution in [3.8, 4) is 0 Å². The first kappa shape index (κ1) is 16.6. The first-order chi connectivity index (χ1) is 11.1. The van der Waals surface area contributed by atoms with Gasteiger partial charge < -0.3 is 5.32 Å². The van der Waals surface area contributed by atoms with Crippen LogP contribution in [0.25, 0.3) is 0 Å². The third-order valence-electron chi connectivity index (χ3n) is 4.49. The van der Waals surface area contributed by atoms with Gasteiger partial charge >= 0.3 is 0 Å². The minimum Gasteiger partial charge on any atom is -0.316 e. The van der Waals surface area contributed by atoms with E-state index in [-0.39, 0.29) is 5.82 Å². The molecule has 0 saturated carbocycles. The van der Waals surface area contributed by atoms with Crippen molar-refractivity contribution in [2.75, 3.05) is 19.6 Å². The number of rotatable bonds is 6. The summed E-state index contributed by atoms with van der Waals surface area (Å²) in [6.45, 7) is 8.72. The second-order valence-corrected chi connectivity index (χ2v) is 7.42. The molecule has 1 aliphatic heterocycles. The third-order valence-corrected chi connectivity index (χ3v) is 5.41. The summed E-state index contributed by atoms with van der Waals surface area (Å²) in [5.41, 5.74) is 4.89. The summed E-state index contributed by atoms with van der Waals surface area (Å²) in [5.74, 6) is 0.544. The van der Waals surface area contributed by atoms with Gasteiger partial charge in [-0.1, -0.05) is 17.7 Å². The van der Waals surface area contributed by atoms with Gasteiger partial charge in [-0.3, -0.25) is 4.90 Å². The lowest BCUT2D eigenvalue weighted by Crippen LogP contribution is -2.30. The van der Waals surface area contributed by atoms with Gasteiger partial charge in [0.15, 0.2) is 0 Å². The van der Waals surface area contributed by atoms with Crippen LogP contribution in [0.15, 0.2) is 23.7 Å². The first-order valence-corrected chi connectivity index (χ1v) is 9.07. The van der Waals surface area contributed by atoms with Gasteiger partial charge in [-0.05, 0) is 45.3 Å². The molecule has 1 aliphatic rings. The van der Waals surface area contributed by atoms with E-state index < -0.39 is 0 Å². The van der Waals surface area contributed by atoms with Gasteiger partial charge in [0, 0.05) is 30.1 Å². The highest BCUT2D eigenvalue weighted by Gasteiger charge is 2.20. The zero-order valence-corrected chi connectivity index (χ0v) is 14.6. The number of hydrogen-bond acceptors (Lipinski definition) is 4. The van der Waals surface area contributed by atoms with Crippen molar-refractivity contribution in [1.82, 2.24) is 15.2 Å². The summed E-state index contributed by atoms with van der Waals surface area (Å²) in [4.78, 5) is 8.00. The number of halogens is 1. The van der Waals surface area contributed by atoms with E-state index in [1.807, 2.05) is 31.5 Å². The Balaban J connectivity index is 1.76. The standard InChI is InChI=1S/C18H24FN3S/c1-13-3-4-17(19)16(7-13)10-22(9-15-5-6-20-8-15)11-18-14(2)21-12-23-18/h3-4,7,12,15,20H,5-6,8-11H2,1-2H3. The maximum atomic E-state index is 14.2. The van der Waals surface area contributed by atoms with Gasteiger partial charge in [0.25, 0.3) is 0 Å². The Morgan fingerprint density at radius 3 is 2.91 bits per heavy atom. The molecule has 1 fully saturated rings. The van der Waals surface area contributed by atoms with Crippen LogP contribution in [-0.2, 0) is 13.1 Å². The molecule has 1 aromatic carbocycles. The number of nitrogens with zero attached hydrogens (tertiary/aromatic N) is 2. The van der Waals surface area contributed by atoms with Crippen LogP contribution in [-0.4, -0.2) is 29.5 Å². The quantitative estimate of drug-likeness (QED) is 0.877. The molecule has 1 aromatic heterocycles. The van der Waals surface area contributed by atoms with Crippen molar-refractivity contribution in [1.29, 1.82) is 0 Å². The van der Waals surface area contributed by atoms with Crippen molar-refractivity contribution in [3.05, 3.63) is 51.2 Å². The molecule has 0 amide bonds. The van der Waals surface area contributed by atoms with E-state index in [1.54, 1.807) is 17.4 Å². The zero-order valence-electron chi connectivity index (χ0n) is 13.8. The summed E-state index contributed by atoms with van der Waals surface area (Å²) in [6, 6.07) is 5.38. The molecule has 124 valence electrons. The van der Waals surface area contributed by atoms with Crippen LogP contribution in [0.4, 0.5) is 4.39 Å². The summed E-state index contributed by atoms with van der Waals surface area (Å²) in [5, 5.41) is 3.42. The largest absolute Gasteiger partial charge is 0.316 e. The Bertz CT molecular complexity index is 649. The number of nitrogens with one attached hydrogen (secondary N) is 1. The van der Waals surface area contributed by atoms with Crippen molar-refractivity contribution in [2.24, 2.45) is 5.92 Å². The van der Waals surface area contributed by atoms with Gasteiger partial charge in [-0.15, -0.1) is 11.3 Å². The van der Waals surface area contributed by atoms with Crippen molar-refractivity contribution >= 4 is 11.3 Å². The molecule has 3 nitrogen and oxygen atoms in total. The van der Waals surface area contributed by atoms with Crippen LogP contribution in [0.5, 0.6) is 0 Å². The lowest BCUT2D eigenvalue weighted by Gasteiger charge is -2.25. The summed E-state index contributed by atoms with van der Waals surface area (Å²) < 4.78 is 14.2. The fourth-order valence-corrected chi connectivity index (χ4v) is 3.99. The van der Waals surface area contributed by atoms with Crippen LogP contribution in [0.3, 0.4) is 0 Å². The van der Waals surface area contributed by atoms with E-state index in [1.165, 1.54) is 11.3 Å². The Morgan fingerprint density at radius 1 is 1.35 bits per heavy atom. The maximum absolute atomic E-state index is 14.2. The predicted octanol–water partition coefficient (Wildman–Crippen LogP) is 3.51. The second-order valence-electron chi connectivity index (χ2n) is 6.48. The van der Waals surface area contributed by atoms with Gasteiger partial charge in [0.1, 0.15) is 5.82 Å². The molecule has 5 heteroatoms. The Hall–Kier alpha value is -1.30. The molecular formula is C18H24FN3S. The van der Waals surface area contributed by atoms with E-state index in [2.05, 4.69) is 15.2 Å². The molecule has 1 unspecified atom stereocenters. The number of benzene rings is 1. The summed E-state index contributed by atoms with van der Waals surface area (Å²) in [7, 11) is 0. The van der Waals surface area contributed by atoms with Crippen molar-refractivity contribution in [2.45, 2.75) is 33.4 Å². The van der Waals surface area contributed by atoms with Crippen LogP contribution < -0.4 is 5.32 Å². The predicted molar refractivity (Wildman–Crippen MR) is 93.1 cm³/mol. The van der Waals surface area contributed by atoms with Gasteiger partial charge in [-0.25, -0.2) is 9.37 Å². The van der Waals surface area contributed by atoms with Crippen LogP contribution >= 0.6 is 11.3 Å². The number of aryl methyl sites for hydroxylation is 2. The topological polar surface area (TPSA) is 28.2 Å². The molecule has 0 spiro atoms. The molecule has 1 saturated heterocycles. The number of hydrogen-bond donors (Lipinski definition) is 1. The van der Waals surface area contributed by atoms with E-state index in [0.29, 0.717) is 12.5 Å². The monoisotopic (exact) mass is 333 g/mol. The smallest absolute Gasteiger partial charge is 0.127 e. The van der Waals surface area contributed by atoms with Crippen LogP contribution in [0.1, 0.15) is 28.1 Å². The lowest BCUT2D eigenvalue weighted by molar-refractivity contribution is 0.219. The molecule has 2 aromatic rings. The minimum atomic E-state index is -0.105. The van der Waals surface area contributed by atoms with E-state index in [0.717, 1.165) is 43.0 Å². The average molecular weight is 333 g/mol. The highest BCUT2D eigenvalue weighted by atomic mass is 32.1. The third kappa shape index (κ3) is 4.37. The molecule has 3 rings (SSSR count). The summed E-state index contributed by atoms with van der Waals surface area (Å²) in [6.07, 6.45) is 1.20. The first-order valence-electron chi connectivity index (χ1n) is 8.19. The van der Waals surface area contributed by atoms with Crippen molar-refractivity contribution in [3.63, 3.8) is 0 Å². The van der Waals surface area contributed by atoms with Gasteiger partial charge in [-0.2, -0.15) is 0 Å². The van der Waals surface area contributed by atoms with E-state index in [4.69, 9.17) is 0 Å². The molecule has 23 heavy (non-hydrogen) atoms. The average Bonchev–Trinajstić information content (AvgIpc) is 3.16. The number of thiazole rings is 1. The highest BCUT2D eigenvalue weighted by Crippen LogP contribution is 2.21. The molecule has 0 radical (unpaired) electrons. The minimum absolute atomic E-state index is 0.105. The normalized spacial score (nSPS) is 18.0. The fourth-order valence-electron chi connectivity index (χ4n) is 3.17. The highest BCUT2D eigenvalue weighted by molar-refractivity contribution is 7.09. The van der Waals surface area contributed by atoms with E-state index in [9.17, 15) is 4.39 Å². The fraction of sp³-hybridized carbons (Fsp3) is 0.500. The molecule has 1 atom stereocenters. The molecule has 0 aliphatic carbocycles. The Kier molecular flexibility index (Phi) is 5.41. The lowest BCUT2D eigenvalue weighted by atomic mass is 10.1. The molecule has 2 heterocycles. The summed E-state index contributed by atoms with van der Waals surface area (Å²) >= 11 is 1.69. The van der Waals surface area contributed by atoms with E-state index >= 15 is 0 Å².